The van der Waals surface area contributed by atoms with E-state index < -0.39 is 41.8 Å². The van der Waals surface area contributed by atoms with Crippen LogP contribution in [0.2, 0.25) is 0 Å². The number of nitrogens with two attached hydrogens (primary N) is 1. The van der Waals surface area contributed by atoms with Gasteiger partial charge in [-0.15, -0.1) is 0 Å². The van der Waals surface area contributed by atoms with Crippen LogP contribution in [0.3, 0.4) is 0 Å². The van der Waals surface area contributed by atoms with Crippen LogP contribution in [0.4, 0.5) is 5.82 Å². The van der Waals surface area contributed by atoms with E-state index in [-0.39, 0.29) is 18.8 Å². The summed E-state index contributed by atoms with van der Waals surface area (Å²) in [6.07, 6.45) is -1.83. The number of esters is 2. The maximum Gasteiger partial charge on any atom is 0.310 e. The summed E-state index contributed by atoms with van der Waals surface area (Å²) in [7, 11) is 0. The first kappa shape index (κ1) is 23.7. The van der Waals surface area contributed by atoms with Gasteiger partial charge in [0.15, 0.2) is 11.9 Å². The van der Waals surface area contributed by atoms with Crippen LogP contribution in [0.5, 0.6) is 0 Å². The molecule has 3 N–H and O–H groups in total. The van der Waals surface area contributed by atoms with Crippen molar-refractivity contribution >= 4 is 23.3 Å². The summed E-state index contributed by atoms with van der Waals surface area (Å²) in [5.74, 6) is -1.10. The molecule has 10 heteroatoms. The van der Waals surface area contributed by atoms with E-state index in [1.165, 1.54) is 10.8 Å². The molecule has 0 amide bonds. The Hall–Kier alpha value is -3.50. The van der Waals surface area contributed by atoms with E-state index in [0.717, 1.165) is 5.56 Å². The van der Waals surface area contributed by atoms with Gasteiger partial charge in [0.25, 0.3) is 0 Å². The highest BCUT2D eigenvalue weighted by Gasteiger charge is 2.56. The minimum Gasteiger partial charge on any atom is -0.463 e. The third-order valence-electron chi connectivity index (χ3n) is 5.95. The van der Waals surface area contributed by atoms with Gasteiger partial charge in [0.2, 0.25) is 0 Å². The van der Waals surface area contributed by atoms with E-state index in [1.54, 1.807) is 32.9 Å². The number of anilines is 1. The third kappa shape index (κ3) is 4.46. The summed E-state index contributed by atoms with van der Waals surface area (Å²) in [5.41, 5.74) is 6.46. The van der Waals surface area contributed by atoms with Crippen molar-refractivity contribution in [3.8, 4) is 0 Å². The van der Waals surface area contributed by atoms with Crippen molar-refractivity contribution in [2.75, 3.05) is 12.3 Å². The first-order chi connectivity index (χ1) is 16.2. The fourth-order valence-corrected chi connectivity index (χ4v) is 4.04. The molecule has 2 aromatic heterocycles. The second-order valence-electron chi connectivity index (χ2n) is 8.77. The van der Waals surface area contributed by atoms with Crippen LogP contribution < -0.4 is 5.73 Å². The molecule has 0 bridgehead atoms. The number of benzene rings is 1. The minimum absolute atomic E-state index is 0.0867. The molecule has 0 aliphatic carbocycles. The van der Waals surface area contributed by atoms with Gasteiger partial charge in [-0.25, -0.2) is 9.50 Å². The highest BCUT2D eigenvalue weighted by molar-refractivity contribution is 5.73. The zero-order chi connectivity index (χ0) is 24.5. The van der Waals surface area contributed by atoms with Crippen LogP contribution in [-0.2, 0) is 35.8 Å². The Bertz CT molecular complexity index is 1180. The number of hydrogen-bond donors (Lipinski definition) is 2. The normalized spacial score (nSPS) is 24.4. The lowest BCUT2D eigenvalue weighted by Crippen LogP contribution is -2.43. The Balaban J connectivity index is 1.58. The molecule has 34 heavy (non-hydrogen) atoms. The first-order valence-corrected chi connectivity index (χ1v) is 11.1. The molecule has 0 radical (unpaired) electrons. The number of aliphatic hydroxyl groups is 1. The zero-order valence-corrected chi connectivity index (χ0v) is 19.2. The van der Waals surface area contributed by atoms with E-state index in [2.05, 4.69) is 10.1 Å². The molecule has 1 saturated heterocycles. The van der Waals surface area contributed by atoms with Crippen LogP contribution in [0.1, 0.15) is 32.0 Å². The summed E-state index contributed by atoms with van der Waals surface area (Å²) < 4.78 is 18.8. The van der Waals surface area contributed by atoms with Gasteiger partial charge in [0.05, 0.1) is 18.0 Å². The molecular formula is C24H28N4O6. The summed E-state index contributed by atoms with van der Waals surface area (Å²) in [6, 6.07) is 12.6. The van der Waals surface area contributed by atoms with Crippen LogP contribution in [-0.4, -0.2) is 56.6 Å². The van der Waals surface area contributed by atoms with Crippen molar-refractivity contribution in [1.82, 2.24) is 14.6 Å². The topological polar surface area (TPSA) is 138 Å². The number of nitrogens with zero attached hydrogens (tertiary/aromatic N) is 3. The monoisotopic (exact) mass is 468 g/mol. The smallest absolute Gasteiger partial charge is 0.310 e. The van der Waals surface area contributed by atoms with Crippen molar-refractivity contribution in [1.29, 1.82) is 0 Å². The van der Waals surface area contributed by atoms with Crippen molar-refractivity contribution in [2.45, 2.75) is 51.1 Å². The van der Waals surface area contributed by atoms with Gasteiger partial charge >= 0.3 is 11.9 Å². The average molecular weight is 469 g/mol. The number of nitrogen functional groups attached to an aromatic ring is 1. The van der Waals surface area contributed by atoms with Crippen LogP contribution in [0.15, 0.2) is 48.8 Å². The third-order valence-corrected chi connectivity index (χ3v) is 5.95. The maximum absolute atomic E-state index is 12.4. The Kier molecular flexibility index (Phi) is 6.54. The van der Waals surface area contributed by atoms with Gasteiger partial charge in [-0.05, 0) is 24.6 Å². The van der Waals surface area contributed by atoms with Crippen LogP contribution in [0.25, 0.3) is 5.52 Å². The molecule has 1 fully saturated rings. The molecular weight excluding hydrogens is 440 g/mol. The molecule has 10 nitrogen and oxygen atoms in total. The molecule has 180 valence electrons. The number of hydrogen-bond acceptors (Lipinski definition) is 9. The number of aliphatic hydroxyl groups excluding tert-OH is 1. The minimum atomic E-state index is -1.33. The molecule has 0 spiro atoms. The summed E-state index contributed by atoms with van der Waals surface area (Å²) in [6.45, 7) is 4.85. The molecule has 0 unspecified atom stereocenters. The standard InChI is InChI=1S/C24H28N4O6/c1-14(2)23(31)33-20-17(12-32-19(29)11-15-7-5-4-6-8-15)34-24(3,21(20)30)18-10-9-16-22(25)26-13-27-28(16)18/h4-10,13-14,17,20-21,30H,11-12H2,1-3H3,(H2,25,26,27)/t17-,20-,21-,24+/m1/s1. The predicted octanol–water partition coefficient (Wildman–Crippen LogP) is 1.64. The summed E-state index contributed by atoms with van der Waals surface area (Å²) in [5, 5.41) is 15.5. The lowest BCUT2D eigenvalue weighted by molar-refractivity contribution is -0.163. The van der Waals surface area contributed by atoms with Gasteiger partial charge in [-0.3, -0.25) is 9.59 Å². The maximum atomic E-state index is 12.4. The molecule has 1 aromatic carbocycles. The number of aromatic nitrogens is 3. The van der Waals surface area contributed by atoms with E-state index in [4.69, 9.17) is 19.9 Å². The highest BCUT2D eigenvalue weighted by atomic mass is 16.6. The number of carbonyl (C=O) groups excluding carboxylic acids is 2. The van der Waals surface area contributed by atoms with Crippen molar-refractivity contribution in [3.05, 3.63) is 60.0 Å². The number of rotatable bonds is 7. The Labute approximate surface area is 196 Å². The predicted molar refractivity (Wildman–Crippen MR) is 121 cm³/mol. The summed E-state index contributed by atoms with van der Waals surface area (Å²) >= 11 is 0. The van der Waals surface area contributed by atoms with Crippen molar-refractivity contribution < 1.29 is 28.9 Å². The fraction of sp³-hybridized carbons (Fsp3) is 0.417. The molecule has 1 aliphatic rings. The second kappa shape index (κ2) is 9.40. The average Bonchev–Trinajstić information content (AvgIpc) is 3.35. The van der Waals surface area contributed by atoms with Gasteiger partial charge in [0.1, 0.15) is 36.3 Å². The number of ether oxygens (including phenoxy) is 3. The zero-order valence-electron chi connectivity index (χ0n) is 19.2. The van der Waals surface area contributed by atoms with Gasteiger partial charge < -0.3 is 25.1 Å². The lowest BCUT2D eigenvalue weighted by atomic mass is 9.93. The molecule has 3 aromatic rings. The molecule has 4 rings (SSSR count). The van der Waals surface area contributed by atoms with Gasteiger partial charge in [-0.2, -0.15) is 5.10 Å². The number of fused-ring (bicyclic) bond motifs is 1. The fourth-order valence-electron chi connectivity index (χ4n) is 4.04. The summed E-state index contributed by atoms with van der Waals surface area (Å²) in [4.78, 5) is 28.8. The Morgan fingerprint density at radius 2 is 1.97 bits per heavy atom. The van der Waals surface area contributed by atoms with Crippen molar-refractivity contribution in [2.24, 2.45) is 5.92 Å². The first-order valence-electron chi connectivity index (χ1n) is 11.1. The van der Waals surface area contributed by atoms with E-state index in [9.17, 15) is 14.7 Å². The molecule has 0 saturated carbocycles. The lowest BCUT2D eigenvalue weighted by Gasteiger charge is -2.27. The highest BCUT2D eigenvalue weighted by Crippen LogP contribution is 2.42. The Morgan fingerprint density at radius 3 is 2.68 bits per heavy atom. The molecule has 1 aliphatic heterocycles. The van der Waals surface area contributed by atoms with E-state index in [1.807, 2.05) is 30.3 Å². The van der Waals surface area contributed by atoms with Crippen molar-refractivity contribution in [3.63, 3.8) is 0 Å². The van der Waals surface area contributed by atoms with Crippen LogP contribution in [0, 0.1) is 5.92 Å². The SMILES string of the molecule is CC(C)C(=O)O[C@H]1[C@@H](O)[C@](C)(c2ccc3c(N)ncnn23)O[C@@H]1COC(=O)Cc1ccccc1. The second-order valence-corrected chi connectivity index (χ2v) is 8.77. The van der Waals surface area contributed by atoms with Gasteiger partial charge in [0, 0.05) is 0 Å². The molecule has 3 heterocycles. The quantitative estimate of drug-likeness (QED) is 0.496. The van der Waals surface area contributed by atoms with Gasteiger partial charge in [-0.1, -0.05) is 44.2 Å². The van der Waals surface area contributed by atoms with Crippen LogP contribution >= 0.6 is 0 Å². The number of carbonyl (C=O) groups is 2. The van der Waals surface area contributed by atoms with E-state index in [0.29, 0.717) is 11.2 Å². The largest absolute Gasteiger partial charge is 0.463 e. The Morgan fingerprint density at radius 1 is 1.24 bits per heavy atom. The van der Waals surface area contributed by atoms with E-state index >= 15 is 0 Å². The molecule has 4 atom stereocenters.